The minimum absolute atomic E-state index is 0.0257. The zero-order chi connectivity index (χ0) is 26.3. The van der Waals surface area contributed by atoms with Crippen LogP contribution in [0.2, 0.25) is 0 Å². The summed E-state index contributed by atoms with van der Waals surface area (Å²) in [6.07, 6.45) is 2.95. The SMILES string of the molecule is N#Cc1cc(C(F)(F)F)ncc1O[C@H]1CCC2(C1)CN(C(=O)N1CC3(CC(c4nnc(C5CC5)[nH]4)C3)C1)C2. The van der Waals surface area contributed by atoms with Crippen LogP contribution in [0.4, 0.5) is 18.0 Å². The minimum Gasteiger partial charge on any atom is -0.487 e. The molecule has 12 heteroatoms. The third-order valence-corrected chi connectivity index (χ3v) is 9.11. The lowest BCUT2D eigenvalue weighted by Gasteiger charge is -2.60. The second-order valence-corrected chi connectivity index (χ2v) is 12.1. The van der Waals surface area contributed by atoms with Gasteiger partial charge in [0.05, 0.1) is 17.9 Å². The summed E-state index contributed by atoms with van der Waals surface area (Å²) in [5, 5.41) is 17.9. The average molecular weight is 528 g/mol. The number of hydrogen-bond acceptors (Lipinski definition) is 6. The number of rotatable bonds is 4. The largest absolute Gasteiger partial charge is 0.487 e. The first-order valence-corrected chi connectivity index (χ1v) is 13.2. The van der Waals surface area contributed by atoms with Crippen LogP contribution in [0.5, 0.6) is 5.75 Å². The molecule has 2 aromatic rings. The highest BCUT2D eigenvalue weighted by Gasteiger charge is 2.57. The minimum atomic E-state index is -4.61. The van der Waals surface area contributed by atoms with Crippen molar-refractivity contribution in [1.82, 2.24) is 30.0 Å². The number of nitrogens with zero attached hydrogens (tertiary/aromatic N) is 6. The predicted octanol–water partition coefficient (Wildman–Crippen LogP) is 4.20. The van der Waals surface area contributed by atoms with Gasteiger partial charge in [-0.3, -0.25) is 0 Å². The van der Waals surface area contributed by atoms with Crippen LogP contribution in [0.25, 0.3) is 0 Å². The van der Waals surface area contributed by atoms with E-state index in [4.69, 9.17) is 4.74 Å². The van der Waals surface area contributed by atoms with Gasteiger partial charge in [-0.05, 0) is 51.0 Å². The molecule has 2 spiro atoms. The Balaban J connectivity index is 0.882. The smallest absolute Gasteiger partial charge is 0.433 e. The van der Waals surface area contributed by atoms with Crippen molar-refractivity contribution in [3.05, 3.63) is 35.2 Å². The number of carbonyl (C=O) groups is 1. The van der Waals surface area contributed by atoms with Gasteiger partial charge in [0.15, 0.2) is 5.75 Å². The summed E-state index contributed by atoms with van der Waals surface area (Å²) in [4.78, 5) is 23.7. The van der Waals surface area contributed by atoms with E-state index in [0.717, 1.165) is 62.7 Å². The maximum atomic E-state index is 13.0. The number of pyridine rings is 1. The van der Waals surface area contributed by atoms with Gasteiger partial charge in [-0.2, -0.15) is 18.4 Å². The molecule has 9 nitrogen and oxygen atoms in total. The lowest BCUT2D eigenvalue weighted by atomic mass is 9.57. The Hall–Kier alpha value is -3.36. The van der Waals surface area contributed by atoms with E-state index >= 15 is 0 Å². The van der Waals surface area contributed by atoms with E-state index in [0.29, 0.717) is 31.3 Å². The van der Waals surface area contributed by atoms with Crippen molar-refractivity contribution in [1.29, 1.82) is 5.26 Å². The number of hydrogen-bond donors (Lipinski definition) is 1. The van der Waals surface area contributed by atoms with Gasteiger partial charge >= 0.3 is 12.2 Å². The second kappa shape index (κ2) is 8.07. The van der Waals surface area contributed by atoms with E-state index in [-0.39, 0.29) is 34.3 Å². The fourth-order valence-electron chi connectivity index (χ4n) is 6.95. The van der Waals surface area contributed by atoms with Crippen molar-refractivity contribution < 1.29 is 22.7 Å². The molecule has 5 aliphatic rings. The quantitative estimate of drug-likeness (QED) is 0.638. The van der Waals surface area contributed by atoms with Crippen LogP contribution in [-0.2, 0) is 6.18 Å². The third-order valence-electron chi connectivity index (χ3n) is 9.11. The molecule has 2 saturated heterocycles. The maximum Gasteiger partial charge on any atom is 0.433 e. The van der Waals surface area contributed by atoms with Gasteiger partial charge in [0, 0.05) is 48.8 Å². The van der Waals surface area contributed by atoms with E-state index in [2.05, 4.69) is 20.2 Å². The molecule has 2 amide bonds. The van der Waals surface area contributed by atoms with Gasteiger partial charge in [-0.15, -0.1) is 10.2 Å². The molecule has 5 fully saturated rings. The molecule has 0 aromatic carbocycles. The van der Waals surface area contributed by atoms with Gasteiger partial charge in [0.25, 0.3) is 0 Å². The summed E-state index contributed by atoms with van der Waals surface area (Å²) >= 11 is 0. The van der Waals surface area contributed by atoms with Crippen molar-refractivity contribution in [3.63, 3.8) is 0 Å². The van der Waals surface area contributed by atoms with Crippen molar-refractivity contribution >= 4 is 6.03 Å². The van der Waals surface area contributed by atoms with E-state index in [1.807, 2.05) is 9.80 Å². The van der Waals surface area contributed by atoms with E-state index in [1.54, 1.807) is 6.07 Å². The first-order valence-electron chi connectivity index (χ1n) is 13.2. The van der Waals surface area contributed by atoms with Crippen molar-refractivity contribution in [2.45, 2.75) is 69.1 Å². The summed E-state index contributed by atoms with van der Waals surface area (Å²) in [5.41, 5.74) is -1.09. The Kier molecular flexibility index (Phi) is 5.04. The lowest BCUT2D eigenvalue weighted by molar-refractivity contribution is -0.141. The van der Waals surface area contributed by atoms with Gasteiger partial charge < -0.3 is 19.5 Å². The molecule has 1 N–H and O–H groups in total. The van der Waals surface area contributed by atoms with Crippen LogP contribution < -0.4 is 4.74 Å². The number of aromatic amines is 1. The second-order valence-electron chi connectivity index (χ2n) is 12.1. The highest BCUT2D eigenvalue weighted by atomic mass is 19.4. The van der Waals surface area contributed by atoms with Crippen molar-refractivity contribution in [2.75, 3.05) is 26.2 Å². The number of ether oxygens (including phenoxy) is 1. The molecular weight excluding hydrogens is 499 g/mol. The molecule has 2 aromatic heterocycles. The number of H-pyrrole nitrogens is 1. The number of nitriles is 1. The summed E-state index contributed by atoms with van der Waals surface area (Å²) in [6, 6.07) is 2.60. The lowest BCUT2D eigenvalue weighted by Crippen LogP contribution is -2.69. The molecule has 3 saturated carbocycles. The summed E-state index contributed by atoms with van der Waals surface area (Å²) in [5.74, 6) is 3.09. The summed E-state index contributed by atoms with van der Waals surface area (Å²) in [6.45, 7) is 2.91. The van der Waals surface area contributed by atoms with Crippen LogP contribution in [0.15, 0.2) is 12.3 Å². The number of aromatic nitrogens is 4. The van der Waals surface area contributed by atoms with Gasteiger partial charge in [-0.1, -0.05) is 0 Å². The fourth-order valence-corrected chi connectivity index (χ4v) is 6.95. The van der Waals surface area contributed by atoms with E-state index in [9.17, 15) is 23.2 Å². The molecule has 0 bridgehead atoms. The normalized spacial score (nSPS) is 25.6. The average Bonchev–Trinajstić information content (AvgIpc) is 3.38. The van der Waals surface area contributed by atoms with Crippen LogP contribution in [0.3, 0.4) is 0 Å². The van der Waals surface area contributed by atoms with E-state index < -0.39 is 11.9 Å². The standard InChI is InChI=1S/C26H28F3N7O2/c27-26(28,29)20-5-16(9-30)19(10-31-20)38-18-3-4-24(8-18)11-35(12-24)23(37)36-13-25(14-36)6-17(7-25)22-32-21(33-34-22)15-1-2-15/h5,10,15,17-18H,1-4,6-8,11-14H2,(H,32,33,34)/t18-/m0/s1. The zero-order valence-corrected chi connectivity index (χ0v) is 20.8. The summed E-state index contributed by atoms with van der Waals surface area (Å²) in [7, 11) is 0. The van der Waals surface area contributed by atoms with Crippen LogP contribution in [0, 0.1) is 22.2 Å². The molecule has 3 aliphatic carbocycles. The third kappa shape index (κ3) is 3.98. The molecule has 38 heavy (non-hydrogen) atoms. The van der Waals surface area contributed by atoms with Gasteiger partial charge in [0.2, 0.25) is 0 Å². The molecule has 7 rings (SSSR count). The van der Waals surface area contributed by atoms with Crippen molar-refractivity contribution in [3.8, 4) is 11.8 Å². The van der Waals surface area contributed by atoms with Crippen LogP contribution in [0.1, 0.15) is 79.7 Å². The Labute approximate surface area is 217 Å². The van der Waals surface area contributed by atoms with Crippen LogP contribution >= 0.6 is 0 Å². The molecular formula is C26H28F3N7O2. The maximum absolute atomic E-state index is 13.0. The van der Waals surface area contributed by atoms with Crippen LogP contribution in [-0.4, -0.2) is 68.3 Å². The number of alkyl halides is 3. The fraction of sp³-hybridized carbons (Fsp3) is 0.654. The highest BCUT2D eigenvalue weighted by Crippen LogP contribution is 2.56. The number of likely N-dealkylation sites (tertiary alicyclic amines) is 2. The molecule has 200 valence electrons. The van der Waals surface area contributed by atoms with Gasteiger partial charge in [-0.25, -0.2) is 9.78 Å². The highest BCUT2D eigenvalue weighted by molar-refractivity contribution is 5.77. The molecule has 0 unspecified atom stereocenters. The van der Waals surface area contributed by atoms with Gasteiger partial charge in [0.1, 0.15) is 23.4 Å². The molecule has 1 atom stereocenters. The Bertz CT molecular complexity index is 1310. The number of urea groups is 1. The topological polar surface area (TPSA) is 111 Å². The Morgan fingerprint density at radius 2 is 1.68 bits per heavy atom. The number of amides is 2. The first-order chi connectivity index (χ1) is 18.1. The van der Waals surface area contributed by atoms with E-state index in [1.165, 1.54) is 12.8 Å². The first kappa shape index (κ1) is 23.7. The van der Waals surface area contributed by atoms with Crippen molar-refractivity contribution in [2.24, 2.45) is 10.8 Å². The molecule has 0 radical (unpaired) electrons. The monoisotopic (exact) mass is 527 g/mol. The number of carbonyl (C=O) groups excluding carboxylic acids is 1. The summed E-state index contributed by atoms with van der Waals surface area (Å²) < 4.78 is 44.6. The Morgan fingerprint density at radius 1 is 1.03 bits per heavy atom. The molecule has 2 aliphatic heterocycles. The Morgan fingerprint density at radius 3 is 2.32 bits per heavy atom. The number of halogens is 3. The zero-order valence-electron chi connectivity index (χ0n) is 20.8. The predicted molar refractivity (Wildman–Crippen MR) is 126 cm³/mol. The number of nitrogens with one attached hydrogen (secondary N) is 1. The molecule has 4 heterocycles.